The van der Waals surface area contributed by atoms with E-state index < -0.39 is 11.8 Å². The summed E-state index contributed by atoms with van der Waals surface area (Å²) in [7, 11) is 0. The van der Waals surface area contributed by atoms with Crippen molar-refractivity contribution in [3.05, 3.63) is 63.1 Å². The number of carbonyl (C=O) groups is 2. The average molecular weight is 365 g/mol. The van der Waals surface area contributed by atoms with Gasteiger partial charge in [0, 0.05) is 22.3 Å². The maximum absolute atomic E-state index is 11.9. The molecule has 0 aliphatic carbocycles. The van der Waals surface area contributed by atoms with Gasteiger partial charge in [-0.3, -0.25) is 9.59 Å². The molecule has 126 valence electrons. The van der Waals surface area contributed by atoms with E-state index in [1.54, 1.807) is 18.2 Å². The quantitative estimate of drug-likeness (QED) is 0.808. The summed E-state index contributed by atoms with van der Waals surface area (Å²) in [5, 5.41) is 6.27. The van der Waals surface area contributed by atoms with E-state index in [4.69, 9.17) is 23.2 Å². The molecule has 2 N–H and O–H groups in total. The SMILES string of the molecule is Cc1cc(C)cc(NC(=O)C(=O)NCCc2ccc(Cl)cc2Cl)c1. The highest BCUT2D eigenvalue weighted by atomic mass is 35.5. The maximum Gasteiger partial charge on any atom is 0.313 e. The molecule has 0 radical (unpaired) electrons. The Labute approximate surface area is 151 Å². The van der Waals surface area contributed by atoms with Crippen LogP contribution in [-0.2, 0) is 16.0 Å². The minimum absolute atomic E-state index is 0.306. The summed E-state index contributed by atoms with van der Waals surface area (Å²) in [5.41, 5.74) is 3.50. The Balaban J connectivity index is 1.86. The minimum atomic E-state index is -0.692. The third-order valence-electron chi connectivity index (χ3n) is 3.38. The zero-order valence-electron chi connectivity index (χ0n) is 13.5. The Bertz CT molecular complexity index is 755. The minimum Gasteiger partial charge on any atom is -0.347 e. The molecule has 2 aromatic carbocycles. The zero-order valence-corrected chi connectivity index (χ0v) is 15.0. The van der Waals surface area contributed by atoms with Gasteiger partial charge in [-0.2, -0.15) is 0 Å². The van der Waals surface area contributed by atoms with Crippen molar-refractivity contribution in [1.29, 1.82) is 0 Å². The molecule has 0 saturated carbocycles. The van der Waals surface area contributed by atoms with Crippen LogP contribution >= 0.6 is 23.2 Å². The molecule has 0 heterocycles. The largest absolute Gasteiger partial charge is 0.347 e. The molecule has 4 nitrogen and oxygen atoms in total. The highest BCUT2D eigenvalue weighted by molar-refractivity contribution is 6.39. The van der Waals surface area contributed by atoms with Crippen LogP contribution in [0.4, 0.5) is 5.69 Å². The van der Waals surface area contributed by atoms with Crippen molar-refractivity contribution in [1.82, 2.24) is 5.32 Å². The van der Waals surface area contributed by atoms with Crippen LogP contribution in [-0.4, -0.2) is 18.4 Å². The topological polar surface area (TPSA) is 58.2 Å². The summed E-state index contributed by atoms with van der Waals surface area (Å²) in [6.45, 7) is 4.16. The lowest BCUT2D eigenvalue weighted by Gasteiger charge is -2.09. The van der Waals surface area contributed by atoms with Crippen molar-refractivity contribution in [2.24, 2.45) is 0 Å². The second-order valence-electron chi connectivity index (χ2n) is 5.57. The number of nitrogens with one attached hydrogen (secondary N) is 2. The molecule has 0 aliphatic heterocycles. The van der Waals surface area contributed by atoms with Gasteiger partial charge in [-0.15, -0.1) is 0 Å². The van der Waals surface area contributed by atoms with Crippen LogP contribution in [0.1, 0.15) is 16.7 Å². The number of hydrogen-bond donors (Lipinski definition) is 2. The number of aryl methyl sites for hydroxylation is 2. The molecule has 2 aromatic rings. The van der Waals surface area contributed by atoms with Crippen LogP contribution in [0.3, 0.4) is 0 Å². The fourth-order valence-corrected chi connectivity index (χ4v) is 2.85. The van der Waals surface area contributed by atoms with E-state index in [0.717, 1.165) is 16.7 Å². The van der Waals surface area contributed by atoms with Crippen molar-refractivity contribution < 1.29 is 9.59 Å². The second kappa shape index (κ2) is 8.18. The molecule has 0 fully saturated rings. The molecule has 0 unspecified atom stereocenters. The molecule has 0 saturated heterocycles. The lowest BCUT2D eigenvalue weighted by molar-refractivity contribution is -0.136. The Kier molecular flexibility index (Phi) is 6.23. The van der Waals surface area contributed by atoms with Gasteiger partial charge in [0.15, 0.2) is 0 Å². The summed E-state index contributed by atoms with van der Waals surface area (Å²) in [4.78, 5) is 23.8. The van der Waals surface area contributed by atoms with Crippen molar-refractivity contribution in [3.8, 4) is 0 Å². The smallest absolute Gasteiger partial charge is 0.313 e. The van der Waals surface area contributed by atoms with Crippen LogP contribution in [0.5, 0.6) is 0 Å². The van der Waals surface area contributed by atoms with Crippen molar-refractivity contribution in [2.45, 2.75) is 20.3 Å². The monoisotopic (exact) mass is 364 g/mol. The molecule has 2 amide bonds. The van der Waals surface area contributed by atoms with E-state index in [2.05, 4.69) is 10.6 Å². The van der Waals surface area contributed by atoms with Gasteiger partial charge in [0.05, 0.1) is 0 Å². The molecular weight excluding hydrogens is 347 g/mol. The second-order valence-corrected chi connectivity index (χ2v) is 6.42. The molecule has 0 atom stereocenters. The number of anilines is 1. The Morgan fingerprint density at radius 1 is 0.958 bits per heavy atom. The van der Waals surface area contributed by atoms with Crippen LogP contribution in [0.25, 0.3) is 0 Å². The normalized spacial score (nSPS) is 10.3. The Morgan fingerprint density at radius 2 is 1.62 bits per heavy atom. The van der Waals surface area contributed by atoms with Crippen LogP contribution in [0.15, 0.2) is 36.4 Å². The number of hydrogen-bond acceptors (Lipinski definition) is 2. The van der Waals surface area contributed by atoms with E-state index in [1.165, 1.54) is 0 Å². The first kappa shape index (κ1) is 18.3. The molecule has 6 heteroatoms. The molecule has 0 bridgehead atoms. The molecule has 2 rings (SSSR count). The van der Waals surface area contributed by atoms with Crippen LogP contribution in [0.2, 0.25) is 10.0 Å². The first-order chi connectivity index (χ1) is 11.3. The molecule has 24 heavy (non-hydrogen) atoms. The summed E-state index contributed by atoms with van der Waals surface area (Å²) >= 11 is 11.9. The van der Waals surface area contributed by atoms with Gasteiger partial charge in [-0.05, 0) is 61.2 Å². The van der Waals surface area contributed by atoms with Gasteiger partial charge >= 0.3 is 11.8 Å². The highest BCUT2D eigenvalue weighted by Gasteiger charge is 2.13. The number of carbonyl (C=O) groups excluding carboxylic acids is 2. The number of rotatable bonds is 4. The number of halogens is 2. The van der Waals surface area contributed by atoms with Gasteiger partial charge in [-0.25, -0.2) is 0 Å². The first-order valence-electron chi connectivity index (χ1n) is 7.46. The summed E-state index contributed by atoms with van der Waals surface area (Å²) in [6.07, 6.45) is 0.512. The molecule has 0 aliphatic rings. The van der Waals surface area contributed by atoms with Crippen molar-refractivity contribution in [3.63, 3.8) is 0 Å². The lowest BCUT2D eigenvalue weighted by atomic mass is 10.1. The molecular formula is C18H18Cl2N2O2. The Hall–Kier alpha value is -2.04. The molecule has 0 spiro atoms. The maximum atomic E-state index is 11.9. The fraction of sp³-hybridized carbons (Fsp3) is 0.222. The predicted molar refractivity (Wildman–Crippen MR) is 97.7 cm³/mol. The standard InChI is InChI=1S/C18H18Cl2N2O2/c1-11-7-12(2)9-15(8-11)22-18(24)17(23)21-6-5-13-3-4-14(19)10-16(13)20/h3-4,7-10H,5-6H2,1-2H3,(H,21,23)(H,22,24). The van der Waals surface area contributed by atoms with E-state index in [-0.39, 0.29) is 0 Å². The third-order valence-corrected chi connectivity index (χ3v) is 3.97. The first-order valence-corrected chi connectivity index (χ1v) is 8.22. The van der Waals surface area contributed by atoms with Crippen LogP contribution < -0.4 is 10.6 Å². The van der Waals surface area contributed by atoms with Crippen molar-refractivity contribution >= 4 is 40.7 Å². The van der Waals surface area contributed by atoms with Gasteiger partial charge in [0.25, 0.3) is 0 Å². The van der Waals surface area contributed by atoms with E-state index in [9.17, 15) is 9.59 Å². The van der Waals surface area contributed by atoms with E-state index in [1.807, 2.05) is 32.0 Å². The fourth-order valence-electron chi connectivity index (χ4n) is 2.35. The summed E-state index contributed by atoms with van der Waals surface area (Å²) < 4.78 is 0. The number of amides is 2. The molecule has 0 aromatic heterocycles. The van der Waals surface area contributed by atoms with Crippen molar-refractivity contribution in [2.75, 3.05) is 11.9 Å². The average Bonchev–Trinajstić information content (AvgIpc) is 2.48. The van der Waals surface area contributed by atoms with Gasteiger partial charge in [-0.1, -0.05) is 35.3 Å². The zero-order chi connectivity index (χ0) is 17.7. The highest BCUT2D eigenvalue weighted by Crippen LogP contribution is 2.21. The third kappa shape index (κ3) is 5.25. The van der Waals surface area contributed by atoms with Crippen LogP contribution in [0, 0.1) is 13.8 Å². The number of benzene rings is 2. The predicted octanol–water partition coefficient (Wildman–Crippen LogP) is 3.91. The van der Waals surface area contributed by atoms with Gasteiger partial charge in [0.1, 0.15) is 0 Å². The van der Waals surface area contributed by atoms with Gasteiger partial charge < -0.3 is 10.6 Å². The summed E-state index contributed by atoms with van der Waals surface area (Å²) in [6, 6.07) is 10.8. The van der Waals surface area contributed by atoms with Gasteiger partial charge in [0.2, 0.25) is 0 Å². The lowest BCUT2D eigenvalue weighted by Crippen LogP contribution is -2.36. The summed E-state index contributed by atoms with van der Waals surface area (Å²) in [5.74, 6) is -1.37. The van der Waals surface area contributed by atoms with E-state index in [0.29, 0.717) is 28.7 Å². The Morgan fingerprint density at radius 3 is 2.25 bits per heavy atom. The van der Waals surface area contributed by atoms with E-state index >= 15 is 0 Å².